The molecule has 0 spiro atoms. The molecule has 2 aromatic rings. The molecule has 98 valence electrons. The first-order valence-electron chi connectivity index (χ1n) is 5.54. The number of nitrogens with zero attached hydrogens (tertiary/aromatic N) is 1. The van der Waals surface area contributed by atoms with Gasteiger partial charge in [0.2, 0.25) is 0 Å². The Labute approximate surface area is 115 Å². The smallest absolute Gasteiger partial charge is 0.198 e. The summed E-state index contributed by atoms with van der Waals surface area (Å²) in [5.74, 6) is 0.722. The number of halogens is 1. The van der Waals surface area contributed by atoms with Gasteiger partial charge in [0.1, 0.15) is 5.15 Å². The van der Waals surface area contributed by atoms with Crippen molar-refractivity contribution in [3.05, 3.63) is 52.8 Å². The summed E-state index contributed by atoms with van der Waals surface area (Å²) in [6, 6.07) is 8.34. The number of aromatic nitrogens is 1. The second-order valence-electron chi connectivity index (χ2n) is 3.74. The van der Waals surface area contributed by atoms with E-state index < -0.39 is 0 Å². The number of carbonyl (C=O) groups excluding carboxylic acids is 1. The van der Waals surface area contributed by atoms with E-state index in [0.29, 0.717) is 27.8 Å². The van der Waals surface area contributed by atoms with Gasteiger partial charge >= 0.3 is 0 Å². The number of ketones is 1. The monoisotopic (exact) mass is 277 g/mol. The SMILES string of the molecule is COc1cccc(C(=O)c2ccc(Cl)nc2)c1OC. The van der Waals surface area contributed by atoms with E-state index in [0.717, 1.165) is 0 Å². The van der Waals surface area contributed by atoms with E-state index in [1.807, 2.05) is 0 Å². The molecule has 0 unspecified atom stereocenters. The highest BCUT2D eigenvalue weighted by atomic mass is 35.5. The lowest BCUT2D eigenvalue weighted by molar-refractivity contribution is 0.103. The summed E-state index contributed by atoms with van der Waals surface area (Å²) in [5, 5.41) is 0.342. The van der Waals surface area contributed by atoms with Crippen LogP contribution in [0, 0.1) is 0 Å². The van der Waals surface area contributed by atoms with Gasteiger partial charge in [0.05, 0.1) is 19.8 Å². The number of benzene rings is 1. The van der Waals surface area contributed by atoms with Crippen molar-refractivity contribution in [3.8, 4) is 11.5 Å². The van der Waals surface area contributed by atoms with Crippen molar-refractivity contribution in [2.45, 2.75) is 0 Å². The van der Waals surface area contributed by atoms with E-state index in [1.165, 1.54) is 20.4 Å². The van der Waals surface area contributed by atoms with Gasteiger partial charge in [-0.15, -0.1) is 0 Å². The van der Waals surface area contributed by atoms with Crippen LogP contribution in [0.5, 0.6) is 11.5 Å². The van der Waals surface area contributed by atoms with Crippen molar-refractivity contribution in [1.29, 1.82) is 0 Å². The van der Waals surface area contributed by atoms with Crippen LogP contribution >= 0.6 is 11.6 Å². The van der Waals surface area contributed by atoms with Crippen LogP contribution in [0.15, 0.2) is 36.5 Å². The van der Waals surface area contributed by atoms with Crippen molar-refractivity contribution < 1.29 is 14.3 Å². The number of pyridine rings is 1. The van der Waals surface area contributed by atoms with Gasteiger partial charge in [-0.1, -0.05) is 17.7 Å². The van der Waals surface area contributed by atoms with Crippen LogP contribution in [-0.4, -0.2) is 25.0 Å². The van der Waals surface area contributed by atoms with E-state index in [-0.39, 0.29) is 5.78 Å². The van der Waals surface area contributed by atoms with Crippen LogP contribution in [0.1, 0.15) is 15.9 Å². The molecule has 0 aliphatic heterocycles. The number of hydrogen-bond acceptors (Lipinski definition) is 4. The second-order valence-corrected chi connectivity index (χ2v) is 4.13. The van der Waals surface area contributed by atoms with Gasteiger partial charge in [-0.25, -0.2) is 4.98 Å². The first kappa shape index (κ1) is 13.4. The summed E-state index contributed by atoms with van der Waals surface area (Å²) in [4.78, 5) is 16.3. The molecule has 1 heterocycles. The minimum atomic E-state index is -0.195. The molecule has 0 aliphatic carbocycles. The highest BCUT2D eigenvalue weighted by Gasteiger charge is 2.18. The predicted molar refractivity (Wildman–Crippen MR) is 72.2 cm³/mol. The van der Waals surface area contributed by atoms with Crippen LogP contribution in [-0.2, 0) is 0 Å². The summed E-state index contributed by atoms with van der Waals surface area (Å²) in [6.07, 6.45) is 1.43. The average molecular weight is 278 g/mol. The zero-order chi connectivity index (χ0) is 13.8. The highest BCUT2D eigenvalue weighted by molar-refractivity contribution is 6.29. The molecule has 2 rings (SSSR count). The molecule has 0 saturated carbocycles. The molecule has 0 bridgehead atoms. The standard InChI is InChI=1S/C14H12ClNO3/c1-18-11-5-3-4-10(14(11)19-2)13(17)9-6-7-12(15)16-8-9/h3-8H,1-2H3. The molecule has 1 aromatic carbocycles. The highest BCUT2D eigenvalue weighted by Crippen LogP contribution is 2.32. The molecule has 1 aromatic heterocycles. The van der Waals surface area contributed by atoms with E-state index in [9.17, 15) is 4.79 Å². The van der Waals surface area contributed by atoms with Crippen LogP contribution in [0.25, 0.3) is 0 Å². The third-order valence-electron chi connectivity index (χ3n) is 2.64. The molecule has 0 atom stereocenters. The zero-order valence-corrected chi connectivity index (χ0v) is 11.3. The quantitative estimate of drug-likeness (QED) is 0.637. The lowest BCUT2D eigenvalue weighted by atomic mass is 10.0. The van der Waals surface area contributed by atoms with Gasteiger partial charge in [-0.05, 0) is 24.3 Å². The summed E-state index contributed by atoms with van der Waals surface area (Å²) in [5.41, 5.74) is 0.863. The molecule has 0 saturated heterocycles. The average Bonchev–Trinajstić information content (AvgIpc) is 2.46. The lowest BCUT2D eigenvalue weighted by Gasteiger charge is -2.11. The van der Waals surface area contributed by atoms with Crippen molar-refractivity contribution in [2.75, 3.05) is 14.2 Å². The molecule has 0 radical (unpaired) electrons. The predicted octanol–water partition coefficient (Wildman–Crippen LogP) is 2.98. The van der Waals surface area contributed by atoms with E-state index in [2.05, 4.69) is 4.98 Å². The Morgan fingerprint density at radius 2 is 1.95 bits per heavy atom. The summed E-state index contributed by atoms with van der Waals surface area (Å²) in [7, 11) is 3.02. The lowest BCUT2D eigenvalue weighted by Crippen LogP contribution is -2.05. The van der Waals surface area contributed by atoms with Gasteiger partial charge < -0.3 is 9.47 Å². The Bertz CT molecular complexity index is 596. The van der Waals surface area contributed by atoms with Gasteiger partial charge in [0.25, 0.3) is 0 Å². The number of hydrogen-bond donors (Lipinski definition) is 0. The molecular formula is C14H12ClNO3. The van der Waals surface area contributed by atoms with Gasteiger partial charge in [0, 0.05) is 11.8 Å². The fourth-order valence-electron chi connectivity index (χ4n) is 1.73. The Kier molecular flexibility index (Phi) is 4.02. The van der Waals surface area contributed by atoms with Gasteiger partial charge in [-0.3, -0.25) is 4.79 Å². The van der Waals surface area contributed by atoms with Crippen molar-refractivity contribution in [2.24, 2.45) is 0 Å². The maximum Gasteiger partial charge on any atom is 0.198 e. The number of ether oxygens (including phenoxy) is 2. The van der Waals surface area contributed by atoms with E-state index >= 15 is 0 Å². The molecule has 4 nitrogen and oxygen atoms in total. The normalized spacial score (nSPS) is 10.1. The molecular weight excluding hydrogens is 266 g/mol. The maximum absolute atomic E-state index is 12.4. The third kappa shape index (κ3) is 2.69. The molecule has 19 heavy (non-hydrogen) atoms. The molecule has 0 N–H and O–H groups in total. The number of rotatable bonds is 4. The fraction of sp³-hybridized carbons (Fsp3) is 0.143. The Hall–Kier alpha value is -2.07. The number of methoxy groups -OCH3 is 2. The summed E-state index contributed by atoms with van der Waals surface area (Å²) in [6.45, 7) is 0. The summed E-state index contributed by atoms with van der Waals surface area (Å²) >= 11 is 5.70. The first-order chi connectivity index (χ1) is 9.17. The van der Waals surface area contributed by atoms with E-state index in [1.54, 1.807) is 30.3 Å². The molecule has 5 heteroatoms. The molecule has 0 fully saturated rings. The summed E-state index contributed by atoms with van der Waals surface area (Å²) < 4.78 is 10.4. The number of para-hydroxylation sites is 1. The van der Waals surface area contributed by atoms with Gasteiger partial charge in [0.15, 0.2) is 17.3 Å². The largest absolute Gasteiger partial charge is 0.493 e. The molecule has 0 aliphatic rings. The number of carbonyl (C=O) groups is 1. The third-order valence-corrected chi connectivity index (χ3v) is 2.86. The second kappa shape index (κ2) is 5.71. The van der Waals surface area contributed by atoms with Crippen LogP contribution in [0.4, 0.5) is 0 Å². The van der Waals surface area contributed by atoms with Crippen LogP contribution in [0.3, 0.4) is 0 Å². The van der Waals surface area contributed by atoms with E-state index in [4.69, 9.17) is 21.1 Å². The Balaban J connectivity index is 2.46. The topological polar surface area (TPSA) is 48.4 Å². The van der Waals surface area contributed by atoms with Crippen LogP contribution in [0.2, 0.25) is 5.15 Å². The van der Waals surface area contributed by atoms with Crippen molar-refractivity contribution in [3.63, 3.8) is 0 Å². The minimum absolute atomic E-state index is 0.195. The zero-order valence-electron chi connectivity index (χ0n) is 10.5. The fourth-order valence-corrected chi connectivity index (χ4v) is 1.84. The van der Waals surface area contributed by atoms with Crippen molar-refractivity contribution >= 4 is 17.4 Å². The van der Waals surface area contributed by atoms with Crippen molar-refractivity contribution in [1.82, 2.24) is 4.98 Å². The first-order valence-corrected chi connectivity index (χ1v) is 5.92. The molecule has 0 amide bonds. The Morgan fingerprint density at radius 1 is 1.16 bits per heavy atom. The Morgan fingerprint density at radius 3 is 2.53 bits per heavy atom. The van der Waals surface area contributed by atoms with Gasteiger partial charge in [-0.2, -0.15) is 0 Å². The minimum Gasteiger partial charge on any atom is -0.493 e. The maximum atomic E-state index is 12.4. The van der Waals surface area contributed by atoms with Crippen LogP contribution < -0.4 is 9.47 Å².